The average molecular weight is 377 g/mol. The molecule has 0 spiro atoms. The molecule has 2 N–H and O–H groups in total. The highest BCUT2D eigenvalue weighted by atomic mass is 16.5. The smallest absolute Gasteiger partial charge is 0.338 e. The molecule has 144 valence electrons. The fourth-order valence-electron chi connectivity index (χ4n) is 3.77. The van der Waals surface area contributed by atoms with Crippen molar-refractivity contribution in [1.29, 1.82) is 0 Å². The number of primary amides is 1. The first-order valence-electron chi connectivity index (χ1n) is 9.67. The van der Waals surface area contributed by atoms with Crippen LogP contribution in [0.1, 0.15) is 58.6 Å². The Morgan fingerprint density at radius 3 is 2.54 bits per heavy atom. The number of imidazole rings is 1. The summed E-state index contributed by atoms with van der Waals surface area (Å²) in [4.78, 5) is 28.8. The van der Waals surface area contributed by atoms with E-state index in [1.165, 1.54) is 6.42 Å². The maximum absolute atomic E-state index is 12.5. The van der Waals surface area contributed by atoms with Crippen molar-refractivity contribution in [2.75, 3.05) is 0 Å². The van der Waals surface area contributed by atoms with Crippen molar-refractivity contribution in [3.05, 3.63) is 65.5 Å². The number of hydrogen-bond acceptors (Lipinski definition) is 4. The number of nitrogens with zero attached hydrogens (tertiary/aromatic N) is 2. The second-order valence-corrected chi connectivity index (χ2v) is 7.24. The van der Waals surface area contributed by atoms with Gasteiger partial charge in [0.2, 0.25) is 0 Å². The molecule has 0 saturated heterocycles. The van der Waals surface area contributed by atoms with Crippen LogP contribution in [0.5, 0.6) is 0 Å². The third-order valence-corrected chi connectivity index (χ3v) is 5.21. The Kier molecular flexibility index (Phi) is 5.10. The van der Waals surface area contributed by atoms with Crippen molar-refractivity contribution < 1.29 is 14.3 Å². The first-order chi connectivity index (χ1) is 13.6. The summed E-state index contributed by atoms with van der Waals surface area (Å²) in [5.41, 5.74) is 8.33. The molecule has 2 aromatic carbocycles. The first-order valence-corrected chi connectivity index (χ1v) is 9.67. The van der Waals surface area contributed by atoms with Gasteiger partial charge >= 0.3 is 5.97 Å². The maximum Gasteiger partial charge on any atom is 0.338 e. The van der Waals surface area contributed by atoms with Crippen LogP contribution in [-0.4, -0.2) is 27.5 Å². The summed E-state index contributed by atoms with van der Waals surface area (Å²) in [5, 5.41) is 0. The molecule has 6 heteroatoms. The van der Waals surface area contributed by atoms with E-state index in [0.717, 1.165) is 36.8 Å². The van der Waals surface area contributed by atoms with E-state index >= 15 is 0 Å². The summed E-state index contributed by atoms with van der Waals surface area (Å²) in [7, 11) is 0. The fourth-order valence-corrected chi connectivity index (χ4v) is 3.77. The molecule has 28 heavy (non-hydrogen) atoms. The molecule has 0 radical (unpaired) electrons. The quantitative estimate of drug-likeness (QED) is 0.687. The minimum atomic E-state index is -0.599. The van der Waals surface area contributed by atoms with Crippen molar-refractivity contribution in [2.24, 2.45) is 5.73 Å². The van der Waals surface area contributed by atoms with Gasteiger partial charge in [0.1, 0.15) is 6.10 Å². The van der Waals surface area contributed by atoms with Crippen molar-refractivity contribution in [3.8, 4) is 0 Å². The van der Waals surface area contributed by atoms with Crippen LogP contribution in [0.3, 0.4) is 0 Å². The zero-order chi connectivity index (χ0) is 19.5. The molecule has 4 rings (SSSR count). The van der Waals surface area contributed by atoms with Gasteiger partial charge in [0, 0.05) is 6.54 Å². The van der Waals surface area contributed by atoms with Crippen molar-refractivity contribution in [3.63, 3.8) is 0 Å². The molecule has 1 aliphatic carbocycles. The lowest BCUT2D eigenvalue weighted by atomic mass is 9.98. The molecule has 3 aromatic rings. The van der Waals surface area contributed by atoms with Gasteiger partial charge in [-0.25, -0.2) is 9.78 Å². The Bertz CT molecular complexity index is 1000. The number of nitrogens with two attached hydrogens (primary N) is 1. The van der Waals surface area contributed by atoms with Gasteiger partial charge < -0.3 is 15.0 Å². The topological polar surface area (TPSA) is 87.2 Å². The number of ether oxygens (including phenoxy) is 1. The zero-order valence-corrected chi connectivity index (χ0v) is 15.6. The summed E-state index contributed by atoms with van der Waals surface area (Å²) in [6.45, 7) is 0.474. The van der Waals surface area contributed by atoms with Gasteiger partial charge in [0.15, 0.2) is 5.82 Å². The lowest BCUT2D eigenvalue weighted by Gasteiger charge is -2.21. The van der Waals surface area contributed by atoms with Gasteiger partial charge in [-0.05, 0) is 49.4 Å². The highest BCUT2D eigenvalue weighted by Gasteiger charge is 2.21. The largest absolute Gasteiger partial charge is 0.459 e. The number of carbonyl (C=O) groups is 2. The summed E-state index contributed by atoms with van der Waals surface area (Å²) in [6, 6.07) is 15.0. The van der Waals surface area contributed by atoms with Gasteiger partial charge in [0.05, 0.1) is 16.6 Å². The third-order valence-electron chi connectivity index (χ3n) is 5.21. The van der Waals surface area contributed by atoms with E-state index in [1.807, 2.05) is 30.3 Å². The number of amides is 1. The Balaban J connectivity index is 1.64. The number of esters is 1. The number of carbonyl (C=O) groups excluding carboxylic acids is 2. The van der Waals surface area contributed by atoms with E-state index in [2.05, 4.69) is 4.98 Å². The number of hydrogen-bond donors (Lipinski definition) is 1. The van der Waals surface area contributed by atoms with Crippen molar-refractivity contribution in [2.45, 2.75) is 44.8 Å². The van der Waals surface area contributed by atoms with E-state index in [9.17, 15) is 9.59 Å². The van der Waals surface area contributed by atoms with Crippen LogP contribution in [0, 0.1) is 0 Å². The predicted molar refractivity (Wildman–Crippen MR) is 106 cm³/mol. The number of benzene rings is 2. The highest BCUT2D eigenvalue weighted by molar-refractivity contribution is 5.97. The molecular formula is C22H23N3O3. The monoisotopic (exact) mass is 377 g/mol. The summed E-state index contributed by atoms with van der Waals surface area (Å²) in [5.74, 6) is -0.762. The van der Waals surface area contributed by atoms with Gasteiger partial charge in [-0.3, -0.25) is 4.79 Å². The second-order valence-electron chi connectivity index (χ2n) is 7.24. The molecule has 0 bridgehead atoms. The third kappa shape index (κ3) is 3.76. The van der Waals surface area contributed by atoms with Crippen LogP contribution >= 0.6 is 0 Å². The lowest BCUT2D eigenvalue weighted by molar-refractivity contribution is 0.0211. The molecule has 1 aromatic heterocycles. The molecule has 0 atom stereocenters. The van der Waals surface area contributed by atoms with Gasteiger partial charge in [-0.1, -0.05) is 36.8 Å². The predicted octanol–water partition coefficient (Wildman–Crippen LogP) is 3.67. The summed E-state index contributed by atoms with van der Waals surface area (Å²) >= 11 is 0. The SMILES string of the molecule is NC(=O)c1nc2cc(C(=O)OC3CCCCC3)ccc2n1Cc1ccccc1. The Morgan fingerprint density at radius 2 is 1.82 bits per heavy atom. The van der Waals surface area contributed by atoms with Crippen LogP contribution in [0.25, 0.3) is 11.0 Å². The molecule has 1 amide bonds. The number of rotatable bonds is 5. The van der Waals surface area contributed by atoms with E-state index in [0.29, 0.717) is 17.6 Å². The van der Waals surface area contributed by atoms with Crippen LogP contribution in [0.2, 0.25) is 0 Å². The molecule has 1 fully saturated rings. The normalized spacial score (nSPS) is 14.9. The zero-order valence-electron chi connectivity index (χ0n) is 15.6. The molecular weight excluding hydrogens is 354 g/mol. The number of fused-ring (bicyclic) bond motifs is 1. The standard InChI is InChI=1S/C22H23N3O3/c23-20(26)21-24-18-13-16(22(27)28-17-9-5-2-6-10-17)11-12-19(18)25(21)14-15-7-3-1-4-8-15/h1,3-4,7-8,11-13,17H,2,5-6,9-10,14H2,(H2,23,26). The average Bonchev–Trinajstić information content (AvgIpc) is 3.07. The van der Waals surface area contributed by atoms with E-state index in [-0.39, 0.29) is 17.9 Å². The first kappa shape index (κ1) is 18.2. The Morgan fingerprint density at radius 1 is 1.07 bits per heavy atom. The van der Waals surface area contributed by atoms with Gasteiger partial charge in [-0.2, -0.15) is 0 Å². The molecule has 6 nitrogen and oxygen atoms in total. The second kappa shape index (κ2) is 7.84. The molecule has 1 aliphatic rings. The number of aromatic nitrogens is 2. The Labute approximate surface area is 163 Å². The van der Waals surface area contributed by atoms with Crippen LogP contribution in [0.15, 0.2) is 48.5 Å². The molecule has 0 aliphatic heterocycles. The maximum atomic E-state index is 12.5. The van der Waals surface area contributed by atoms with Crippen molar-refractivity contribution >= 4 is 22.9 Å². The lowest BCUT2D eigenvalue weighted by Crippen LogP contribution is -2.20. The van der Waals surface area contributed by atoms with E-state index in [4.69, 9.17) is 10.5 Å². The molecule has 0 unspecified atom stereocenters. The summed E-state index contributed by atoms with van der Waals surface area (Å²) in [6.07, 6.45) is 5.24. The molecule has 1 saturated carbocycles. The van der Waals surface area contributed by atoms with E-state index in [1.54, 1.807) is 22.8 Å². The minimum absolute atomic E-state index is 0.00577. The minimum Gasteiger partial charge on any atom is -0.459 e. The molecule has 1 heterocycles. The van der Waals surface area contributed by atoms with Crippen LogP contribution < -0.4 is 5.73 Å². The fraction of sp³-hybridized carbons (Fsp3) is 0.318. The van der Waals surface area contributed by atoms with Gasteiger partial charge in [0.25, 0.3) is 5.91 Å². The highest BCUT2D eigenvalue weighted by Crippen LogP contribution is 2.23. The Hall–Kier alpha value is -3.15. The van der Waals surface area contributed by atoms with Crippen LogP contribution in [-0.2, 0) is 11.3 Å². The van der Waals surface area contributed by atoms with Gasteiger partial charge in [-0.15, -0.1) is 0 Å². The van der Waals surface area contributed by atoms with Crippen molar-refractivity contribution in [1.82, 2.24) is 9.55 Å². The van der Waals surface area contributed by atoms with E-state index < -0.39 is 5.91 Å². The van der Waals surface area contributed by atoms with Crippen LogP contribution in [0.4, 0.5) is 0 Å². The summed E-state index contributed by atoms with van der Waals surface area (Å²) < 4.78 is 7.42.